The average molecular weight is 223 g/mol. The molecule has 0 saturated carbocycles. The Balaban J connectivity index is 2.91. The number of aromatic nitrogens is 1. The summed E-state index contributed by atoms with van der Waals surface area (Å²) < 4.78 is 10.3. The van der Waals surface area contributed by atoms with E-state index in [1.807, 2.05) is 0 Å². The van der Waals surface area contributed by atoms with Crippen molar-refractivity contribution in [2.45, 2.75) is 6.92 Å². The van der Waals surface area contributed by atoms with Crippen LogP contribution in [0.15, 0.2) is 24.4 Å². The van der Waals surface area contributed by atoms with Crippen molar-refractivity contribution in [2.24, 2.45) is 0 Å². The van der Waals surface area contributed by atoms with Gasteiger partial charge in [0, 0.05) is 18.2 Å². The first-order valence-corrected chi connectivity index (χ1v) is 4.80. The Morgan fingerprint density at radius 3 is 3.00 bits per heavy atom. The van der Waals surface area contributed by atoms with Gasteiger partial charge in [-0.1, -0.05) is 0 Å². The van der Waals surface area contributed by atoms with E-state index in [0.717, 1.165) is 0 Å². The molecule has 0 aliphatic carbocycles. The Kier molecular flexibility index (Phi) is 4.32. The van der Waals surface area contributed by atoms with Crippen LogP contribution in [0.3, 0.4) is 0 Å². The summed E-state index contributed by atoms with van der Waals surface area (Å²) in [5.74, 6) is -0.0912. The van der Waals surface area contributed by atoms with Gasteiger partial charge in [-0.3, -0.25) is 0 Å². The van der Waals surface area contributed by atoms with Crippen molar-refractivity contribution in [1.29, 1.82) is 0 Å². The fraction of sp³-hybridized carbons (Fsp3) is 0.273. The molecule has 1 aromatic rings. The Morgan fingerprint density at radius 2 is 2.38 bits per heavy atom. The highest BCUT2D eigenvalue weighted by molar-refractivity contribution is 5.86. The first kappa shape index (κ1) is 12.0. The summed E-state index contributed by atoms with van der Waals surface area (Å²) in [5, 5.41) is 11.4. The van der Waals surface area contributed by atoms with E-state index in [9.17, 15) is 10.0 Å². The van der Waals surface area contributed by atoms with Gasteiger partial charge in [-0.05, 0) is 13.0 Å². The highest BCUT2D eigenvalue weighted by Gasteiger charge is 2.09. The molecule has 0 aliphatic heterocycles. The van der Waals surface area contributed by atoms with Crippen molar-refractivity contribution in [1.82, 2.24) is 0 Å². The van der Waals surface area contributed by atoms with Gasteiger partial charge in [-0.25, -0.2) is 4.79 Å². The molecular weight excluding hydrogens is 210 g/mol. The number of esters is 1. The number of ether oxygens (including phenoxy) is 2. The van der Waals surface area contributed by atoms with Crippen LogP contribution >= 0.6 is 0 Å². The Morgan fingerprint density at radius 1 is 1.62 bits per heavy atom. The number of rotatable bonds is 4. The van der Waals surface area contributed by atoms with E-state index >= 15 is 0 Å². The average Bonchev–Trinajstić information content (AvgIpc) is 2.27. The lowest BCUT2D eigenvalue weighted by atomic mass is 10.3. The summed E-state index contributed by atoms with van der Waals surface area (Å²) >= 11 is 0. The number of hydrogen-bond acceptors (Lipinski definition) is 4. The highest BCUT2D eigenvalue weighted by Crippen LogP contribution is 2.14. The number of pyridine rings is 1. The van der Waals surface area contributed by atoms with Crippen molar-refractivity contribution in [3.8, 4) is 5.75 Å². The molecule has 0 N–H and O–H groups in total. The van der Waals surface area contributed by atoms with Crippen molar-refractivity contribution in [3.63, 3.8) is 0 Å². The Bertz CT molecular complexity index is 401. The maximum atomic E-state index is 11.4. The number of methoxy groups -OCH3 is 1. The second-order valence-corrected chi connectivity index (χ2v) is 2.87. The van der Waals surface area contributed by atoms with Crippen molar-refractivity contribution >= 4 is 12.0 Å². The van der Waals surface area contributed by atoms with Gasteiger partial charge in [0.05, 0.1) is 13.7 Å². The van der Waals surface area contributed by atoms with Gasteiger partial charge in [-0.15, -0.1) is 0 Å². The standard InChI is InChI=1S/C11H13NO4/c1-3-16-11(13)7-6-9-10(15-2)5-4-8-12(9)14/h4-8H,3H2,1-2H3/b7-6+. The van der Waals surface area contributed by atoms with E-state index in [4.69, 9.17) is 9.47 Å². The summed E-state index contributed by atoms with van der Waals surface area (Å²) in [6, 6.07) is 3.20. The molecule has 0 spiro atoms. The van der Waals surface area contributed by atoms with E-state index in [1.165, 1.54) is 25.5 Å². The van der Waals surface area contributed by atoms with E-state index < -0.39 is 5.97 Å². The van der Waals surface area contributed by atoms with E-state index in [2.05, 4.69) is 0 Å². The van der Waals surface area contributed by atoms with Gasteiger partial charge in [0.2, 0.25) is 0 Å². The summed E-state index contributed by atoms with van der Waals surface area (Å²) in [6.07, 6.45) is 3.88. The topological polar surface area (TPSA) is 62.5 Å². The van der Waals surface area contributed by atoms with Crippen LogP contribution in [0.4, 0.5) is 0 Å². The van der Waals surface area contributed by atoms with Gasteiger partial charge in [-0.2, -0.15) is 4.73 Å². The largest absolute Gasteiger partial charge is 0.618 e. The summed E-state index contributed by atoms with van der Waals surface area (Å²) in [7, 11) is 1.46. The van der Waals surface area contributed by atoms with Crippen molar-refractivity contribution in [2.75, 3.05) is 13.7 Å². The molecule has 0 unspecified atom stereocenters. The molecule has 1 rings (SSSR count). The number of nitrogens with zero attached hydrogens (tertiary/aromatic N) is 1. The third-order valence-electron chi connectivity index (χ3n) is 1.84. The van der Waals surface area contributed by atoms with Crippen LogP contribution in [0.1, 0.15) is 12.6 Å². The maximum absolute atomic E-state index is 11.4. The molecule has 0 amide bonds. The third-order valence-corrected chi connectivity index (χ3v) is 1.84. The van der Waals surface area contributed by atoms with Gasteiger partial charge in [0.25, 0.3) is 5.69 Å². The fourth-order valence-electron chi connectivity index (χ4n) is 1.15. The van der Waals surface area contributed by atoms with Crippen LogP contribution in [0.25, 0.3) is 6.08 Å². The van der Waals surface area contributed by atoms with Crippen LogP contribution in [-0.2, 0) is 9.53 Å². The lowest BCUT2D eigenvalue weighted by molar-refractivity contribution is -0.607. The molecule has 0 bridgehead atoms. The second-order valence-electron chi connectivity index (χ2n) is 2.87. The quantitative estimate of drug-likeness (QED) is 0.329. The molecule has 86 valence electrons. The zero-order chi connectivity index (χ0) is 12.0. The molecule has 16 heavy (non-hydrogen) atoms. The molecule has 5 nitrogen and oxygen atoms in total. The molecule has 0 radical (unpaired) electrons. The number of carbonyl (C=O) groups is 1. The normalized spacial score (nSPS) is 10.4. The number of hydrogen-bond donors (Lipinski definition) is 0. The van der Waals surface area contributed by atoms with Crippen molar-refractivity contribution < 1.29 is 19.0 Å². The molecule has 0 saturated heterocycles. The number of carbonyl (C=O) groups excluding carboxylic acids is 1. The van der Waals surface area contributed by atoms with E-state index in [0.29, 0.717) is 17.1 Å². The fourth-order valence-corrected chi connectivity index (χ4v) is 1.15. The van der Waals surface area contributed by atoms with Crippen LogP contribution in [0.2, 0.25) is 0 Å². The first-order chi connectivity index (χ1) is 7.69. The zero-order valence-corrected chi connectivity index (χ0v) is 9.17. The molecular formula is C11H13NO4. The molecule has 5 heteroatoms. The molecule has 0 aliphatic rings. The summed E-state index contributed by atoms with van der Waals surface area (Å²) in [5.41, 5.74) is 0.262. The van der Waals surface area contributed by atoms with E-state index in [1.54, 1.807) is 19.1 Å². The molecule has 0 aromatic carbocycles. The van der Waals surface area contributed by atoms with Crippen LogP contribution in [0.5, 0.6) is 5.75 Å². The maximum Gasteiger partial charge on any atom is 0.330 e. The van der Waals surface area contributed by atoms with Crippen LogP contribution in [-0.4, -0.2) is 19.7 Å². The monoisotopic (exact) mass is 223 g/mol. The minimum atomic E-state index is -0.492. The smallest absolute Gasteiger partial charge is 0.330 e. The molecule has 1 heterocycles. The SMILES string of the molecule is CCOC(=O)/C=C/c1c(OC)ccc[n+]1[O-]. The van der Waals surface area contributed by atoms with Crippen LogP contribution < -0.4 is 9.47 Å². The van der Waals surface area contributed by atoms with Gasteiger partial charge in [0.15, 0.2) is 11.9 Å². The zero-order valence-electron chi connectivity index (χ0n) is 9.17. The van der Waals surface area contributed by atoms with Gasteiger partial charge < -0.3 is 14.7 Å². The molecule has 1 aromatic heterocycles. The minimum absolute atomic E-state index is 0.262. The predicted molar refractivity (Wildman–Crippen MR) is 57.6 cm³/mol. The first-order valence-electron chi connectivity index (χ1n) is 4.80. The third kappa shape index (κ3) is 2.98. The van der Waals surface area contributed by atoms with Gasteiger partial charge >= 0.3 is 5.97 Å². The molecule has 0 atom stereocenters. The van der Waals surface area contributed by atoms with Crippen molar-refractivity contribution in [3.05, 3.63) is 35.3 Å². The molecule has 0 fully saturated rings. The lowest BCUT2D eigenvalue weighted by Crippen LogP contribution is -2.29. The summed E-state index contributed by atoms with van der Waals surface area (Å²) in [4.78, 5) is 11.1. The lowest BCUT2D eigenvalue weighted by Gasteiger charge is -2.04. The predicted octanol–water partition coefficient (Wildman–Crippen LogP) is 0.905. The van der Waals surface area contributed by atoms with E-state index in [-0.39, 0.29) is 5.69 Å². The minimum Gasteiger partial charge on any atom is -0.618 e. The second kappa shape index (κ2) is 5.75. The Hall–Kier alpha value is -2.04. The summed E-state index contributed by atoms with van der Waals surface area (Å²) in [6.45, 7) is 2.01. The highest BCUT2D eigenvalue weighted by atomic mass is 16.5. The van der Waals surface area contributed by atoms with Crippen LogP contribution in [0, 0.1) is 5.21 Å². The Labute approximate surface area is 93.5 Å². The van der Waals surface area contributed by atoms with Gasteiger partial charge in [0.1, 0.15) is 0 Å².